The second-order valence-electron chi connectivity index (χ2n) is 12.1. The maximum absolute atomic E-state index is 14.6. The number of aromatic nitrogens is 1. The summed E-state index contributed by atoms with van der Waals surface area (Å²) in [5.41, 5.74) is -2.32. The molecule has 4 unspecified atom stereocenters. The predicted octanol–water partition coefficient (Wildman–Crippen LogP) is 7.01. The predicted molar refractivity (Wildman–Crippen MR) is 153 cm³/mol. The Morgan fingerprint density at radius 1 is 1.23 bits per heavy atom. The molecule has 0 saturated carbocycles. The number of hydrogen-bond acceptors (Lipinski definition) is 7. The van der Waals surface area contributed by atoms with Crippen molar-refractivity contribution in [2.24, 2.45) is 29.0 Å². The van der Waals surface area contributed by atoms with Gasteiger partial charge >= 0.3 is 5.97 Å². The van der Waals surface area contributed by atoms with Crippen LogP contribution in [0.3, 0.4) is 0 Å². The molecule has 1 fully saturated rings. The molecule has 5 atom stereocenters. The van der Waals surface area contributed by atoms with Crippen LogP contribution in [0.15, 0.2) is 35.2 Å². The number of hydrogen-bond donors (Lipinski definition) is 0. The van der Waals surface area contributed by atoms with Crippen LogP contribution in [0.1, 0.15) is 105 Å². The van der Waals surface area contributed by atoms with Crippen LogP contribution < -0.4 is 0 Å². The third-order valence-electron chi connectivity index (χ3n) is 9.61. The molecule has 1 aromatic heterocycles. The van der Waals surface area contributed by atoms with Gasteiger partial charge in [0.05, 0.1) is 12.0 Å². The number of nitrogens with zero attached hydrogens (tertiary/aromatic N) is 2. The number of carbonyl (C=O) groups is 2. The van der Waals surface area contributed by atoms with Crippen LogP contribution in [-0.2, 0) is 26.1 Å². The van der Waals surface area contributed by atoms with Crippen molar-refractivity contribution in [1.29, 1.82) is 0 Å². The maximum atomic E-state index is 14.6. The van der Waals surface area contributed by atoms with E-state index in [-0.39, 0.29) is 30.1 Å². The lowest BCUT2D eigenvalue weighted by atomic mass is 9.54. The molecule has 1 aromatic rings. The lowest BCUT2D eigenvalue weighted by Crippen LogP contribution is -2.69. The second kappa shape index (κ2) is 12.5. The minimum atomic E-state index is -1.77. The van der Waals surface area contributed by atoms with Gasteiger partial charge in [0.15, 0.2) is 11.3 Å². The molecule has 1 aliphatic rings. The number of carbonyl (C=O) groups excluding carboxylic acids is 2. The Kier molecular flexibility index (Phi) is 10.5. The largest absolute Gasteiger partial charge is 0.455 e. The number of ether oxygens (including phenoxy) is 3. The standard InChI is InChI=1S/C31H50N2O6/c1-12-21(5)30(10,25(34)19-29(9,14-3)15-4)31(32-36,26-23(13-2)20-37-28(7,8)39-26)22(6)38-27(35)24-17-16-18-33(24)11/h13,16-18,21-22,26H,12,14-15,19-20H2,1-11H3/b23-13-/t21-,22?,26?,30?,31?/m1/s1. The summed E-state index contributed by atoms with van der Waals surface area (Å²) in [6.07, 6.45) is 4.06. The molecular weight excluding hydrogens is 496 g/mol. The Labute approximate surface area is 234 Å². The fraction of sp³-hybridized carbons (Fsp3) is 0.742. The Bertz CT molecular complexity index is 1060. The highest BCUT2D eigenvalue weighted by Crippen LogP contribution is 2.54. The summed E-state index contributed by atoms with van der Waals surface area (Å²) < 4.78 is 20.1. The molecule has 0 aliphatic carbocycles. The van der Waals surface area contributed by atoms with Crippen LogP contribution in [-0.4, -0.2) is 46.5 Å². The van der Waals surface area contributed by atoms with E-state index in [1.54, 1.807) is 50.7 Å². The third-order valence-corrected chi connectivity index (χ3v) is 9.61. The van der Waals surface area contributed by atoms with Crippen LogP contribution >= 0.6 is 0 Å². The zero-order chi connectivity index (χ0) is 29.8. The van der Waals surface area contributed by atoms with E-state index >= 15 is 0 Å². The maximum Gasteiger partial charge on any atom is 0.355 e. The highest BCUT2D eigenvalue weighted by molar-refractivity contribution is 5.89. The van der Waals surface area contributed by atoms with Crippen LogP contribution in [0.5, 0.6) is 0 Å². The summed E-state index contributed by atoms with van der Waals surface area (Å²) in [7, 11) is 1.75. The zero-order valence-corrected chi connectivity index (χ0v) is 25.9. The zero-order valence-electron chi connectivity index (χ0n) is 25.9. The molecule has 0 radical (unpaired) electrons. The van der Waals surface area contributed by atoms with Crippen molar-refractivity contribution in [2.45, 2.75) is 118 Å². The molecule has 1 saturated heterocycles. The van der Waals surface area contributed by atoms with Gasteiger partial charge in [-0.15, -0.1) is 4.91 Å². The minimum Gasteiger partial charge on any atom is -0.455 e. The summed E-state index contributed by atoms with van der Waals surface area (Å²) in [5.74, 6) is -1.99. The van der Waals surface area contributed by atoms with Crippen molar-refractivity contribution < 1.29 is 23.8 Å². The second-order valence-corrected chi connectivity index (χ2v) is 12.1. The molecule has 1 aliphatic heterocycles. The molecule has 8 heteroatoms. The molecule has 0 aromatic carbocycles. The van der Waals surface area contributed by atoms with Crippen LogP contribution in [0, 0.1) is 21.7 Å². The van der Waals surface area contributed by atoms with Crippen LogP contribution in [0.4, 0.5) is 0 Å². The first-order valence-corrected chi connectivity index (χ1v) is 14.3. The van der Waals surface area contributed by atoms with E-state index in [4.69, 9.17) is 14.2 Å². The van der Waals surface area contributed by atoms with E-state index in [1.807, 2.05) is 33.8 Å². The molecule has 0 bridgehead atoms. The molecule has 220 valence electrons. The Hall–Kier alpha value is -2.32. The van der Waals surface area contributed by atoms with Gasteiger partial charge in [-0.25, -0.2) is 4.79 Å². The van der Waals surface area contributed by atoms with E-state index in [2.05, 4.69) is 25.9 Å². The van der Waals surface area contributed by atoms with Gasteiger partial charge in [0.25, 0.3) is 0 Å². The molecule has 0 spiro atoms. The van der Waals surface area contributed by atoms with Gasteiger partial charge in [-0.1, -0.05) is 65.1 Å². The van der Waals surface area contributed by atoms with Crippen molar-refractivity contribution in [3.8, 4) is 0 Å². The van der Waals surface area contributed by atoms with Gasteiger partial charge in [0.2, 0.25) is 0 Å². The summed E-state index contributed by atoms with van der Waals surface area (Å²) in [6.45, 7) is 19.3. The topological polar surface area (TPSA) is 96.2 Å². The first-order valence-electron chi connectivity index (χ1n) is 14.3. The smallest absolute Gasteiger partial charge is 0.355 e. The Balaban J connectivity index is 2.86. The summed E-state index contributed by atoms with van der Waals surface area (Å²) in [4.78, 5) is 41.5. The average Bonchev–Trinajstić information content (AvgIpc) is 3.34. The summed E-state index contributed by atoms with van der Waals surface area (Å²) in [6, 6.07) is 3.40. The fourth-order valence-corrected chi connectivity index (χ4v) is 5.81. The lowest BCUT2D eigenvalue weighted by Gasteiger charge is -2.55. The van der Waals surface area contributed by atoms with Crippen molar-refractivity contribution in [3.05, 3.63) is 40.6 Å². The summed E-state index contributed by atoms with van der Waals surface area (Å²) in [5, 5.41) is 3.83. The van der Waals surface area contributed by atoms with Crippen LogP contribution in [0.25, 0.3) is 0 Å². The van der Waals surface area contributed by atoms with Gasteiger partial charge in [0.1, 0.15) is 23.7 Å². The highest BCUT2D eigenvalue weighted by Gasteiger charge is 2.67. The SMILES string of the molecule is C/C=C1/COC(C)(C)OC1C(N=O)(C(C)OC(=O)c1cccn1C)C(C)(C(=O)CC(C)(CC)CC)[C@H](C)CC. The Morgan fingerprint density at radius 3 is 2.31 bits per heavy atom. The number of ketones is 1. The first-order chi connectivity index (χ1) is 18.1. The number of allylic oxidation sites excluding steroid dienone is 1. The van der Waals surface area contributed by atoms with Crippen LogP contribution in [0.2, 0.25) is 0 Å². The molecule has 0 N–H and O–H groups in total. The molecule has 2 heterocycles. The van der Waals surface area contributed by atoms with E-state index in [0.717, 1.165) is 12.8 Å². The first kappa shape index (κ1) is 32.9. The van der Waals surface area contributed by atoms with Gasteiger partial charge in [-0.2, -0.15) is 0 Å². The van der Waals surface area contributed by atoms with Crippen molar-refractivity contribution >= 4 is 11.8 Å². The normalized spacial score (nSPS) is 23.4. The summed E-state index contributed by atoms with van der Waals surface area (Å²) >= 11 is 0. The van der Waals surface area contributed by atoms with Gasteiger partial charge in [0, 0.05) is 19.7 Å². The molecule has 39 heavy (non-hydrogen) atoms. The minimum absolute atomic E-state index is 0.0761. The quantitative estimate of drug-likeness (QED) is 0.150. The number of nitroso groups, excluding NO2 is 1. The molecule has 8 nitrogen and oxygen atoms in total. The molecule has 2 rings (SSSR count). The van der Waals surface area contributed by atoms with E-state index in [1.165, 1.54) is 0 Å². The number of aryl methyl sites for hydroxylation is 1. The number of Topliss-reactive ketones (excluding diaryl/α,β-unsaturated/α-hetero) is 1. The average molecular weight is 547 g/mol. The third kappa shape index (κ3) is 6.07. The highest BCUT2D eigenvalue weighted by atomic mass is 16.7. The fourth-order valence-electron chi connectivity index (χ4n) is 5.81. The Morgan fingerprint density at radius 2 is 1.85 bits per heavy atom. The van der Waals surface area contributed by atoms with Gasteiger partial charge in [-0.3, -0.25) is 4.79 Å². The van der Waals surface area contributed by atoms with E-state index in [0.29, 0.717) is 17.7 Å². The molecule has 0 amide bonds. The number of esters is 1. The van der Waals surface area contributed by atoms with E-state index < -0.39 is 34.9 Å². The molecular formula is C31H50N2O6. The monoisotopic (exact) mass is 546 g/mol. The van der Waals surface area contributed by atoms with Crippen molar-refractivity contribution in [3.63, 3.8) is 0 Å². The van der Waals surface area contributed by atoms with Crippen molar-refractivity contribution in [2.75, 3.05) is 6.61 Å². The van der Waals surface area contributed by atoms with Crippen molar-refractivity contribution in [1.82, 2.24) is 4.57 Å². The number of rotatable bonds is 13. The van der Waals surface area contributed by atoms with E-state index in [9.17, 15) is 14.5 Å². The van der Waals surface area contributed by atoms with Gasteiger partial charge < -0.3 is 18.8 Å². The van der Waals surface area contributed by atoms with Gasteiger partial charge in [-0.05, 0) is 63.7 Å². The lowest BCUT2D eigenvalue weighted by molar-refractivity contribution is -0.277.